The third kappa shape index (κ3) is 3.90. The lowest BCUT2D eigenvalue weighted by molar-refractivity contribution is -0.149. The van der Waals surface area contributed by atoms with Crippen molar-refractivity contribution in [3.8, 4) is 0 Å². The number of hydrogen-bond acceptors (Lipinski definition) is 3. The lowest BCUT2D eigenvalue weighted by Gasteiger charge is -2.27. The molecule has 0 bridgehead atoms. The van der Waals surface area contributed by atoms with Gasteiger partial charge in [-0.05, 0) is 32.9 Å². The summed E-state index contributed by atoms with van der Waals surface area (Å²) in [6, 6.07) is 0. The number of nitrogens with one attached hydrogen (secondary N) is 1. The van der Waals surface area contributed by atoms with Crippen LogP contribution >= 0.6 is 11.8 Å². The molecule has 5 heteroatoms. The molecular formula is C13H23NO3S. The van der Waals surface area contributed by atoms with E-state index in [2.05, 4.69) is 11.6 Å². The zero-order valence-corrected chi connectivity index (χ0v) is 12.2. The van der Waals surface area contributed by atoms with Gasteiger partial charge in [0.2, 0.25) is 5.91 Å². The van der Waals surface area contributed by atoms with Gasteiger partial charge in [0.25, 0.3) is 0 Å². The molecule has 0 unspecified atom stereocenters. The number of rotatable bonds is 6. The van der Waals surface area contributed by atoms with Gasteiger partial charge in [0, 0.05) is 17.7 Å². The fourth-order valence-corrected chi connectivity index (χ4v) is 3.19. The molecular weight excluding hydrogens is 250 g/mol. The van der Waals surface area contributed by atoms with Crippen LogP contribution in [0.15, 0.2) is 0 Å². The van der Waals surface area contributed by atoms with Crippen molar-refractivity contribution in [1.29, 1.82) is 0 Å². The fraction of sp³-hybridized carbons (Fsp3) is 0.846. The van der Waals surface area contributed by atoms with E-state index in [0.717, 1.165) is 12.8 Å². The highest BCUT2D eigenvalue weighted by Gasteiger charge is 2.35. The summed E-state index contributed by atoms with van der Waals surface area (Å²) in [7, 11) is 0. The van der Waals surface area contributed by atoms with E-state index in [1.54, 1.807) is 13.8 Å². The van der Waals surface area contributed by atoms with Crippen molar-refractivity contribution in [2.24, 2.45) is 5.41 Å². The topological polar surface area (TPSA) is 66.4 Å². The summed E-state index contributed by atoms with van der Waals surface area (Å²) in [5, 5.41) is 11.9. The molecule has 1 aliphatic carbocycles. The minimum Gasteiger partial charge on any atom is -0.481 e. The van der Waals surface area contributed by atoms with Gasteiger partial charge in [-0.25, -0.2) is 0 Å². The number of carbonyl (C=O) groups is 2. The molecule has 1 rings (SSSR count). The second-order valence-electron chi connectivity index (χ2n) is 5.74. The molecule has 2 N–H and O–H groups in total. The predicted molar refractivity (Wildman–Crippen MR) is 73.8 cm³/mol. The van der Waals surface area contributed by atoms with Crippen LogP contribution in [-0.2, 0) is 9.59 Å². The Labute approximate surface area is 113 Å². The third-order valence-electron chi connectivity index (χ3n) is 3.74. The van der Waals surface area contributed by atoms with Crippen molar-refractivity contribution in [3.05, 3.63) is 0 Å². The Morgan fingerprint density at radius 1 is 1.33 bits per heavy atom. The van der Waals surface area contributed by atoms with Gasteiger partial charge >= 0.3 is 5.97 Å². The second kappa shape index (κ2) is 5.95. The lowest BCUT2D eigenvalue weighted by Crippen LogP contribution is -2.41. The maximum absolute atomic E-state index is 11.8. The molecule has 0 radical (unpaired) electrons. The van der Waals surface area contributed by atoms with Crippen molar-refractivity contribution < 1.29 is 14.7 Å². The van der Waals surface area contributed by atoms with Gasteiger partial charge in [-0.15, -0.1) is 0 Å². The normalized spacial score (nSPS) is 18.6. The zero-order valence-electron chi connectivity index (χ0n) is 11.4. The average Bonchev–Trinajstić information content (AvgIpc) is 2.75. The van der Waals surface area contributed by atoms with Crippen LogP contribution in [0.25, 0.3) is 0 Å². The summed E-state index contributed by atoms with van der Waals surface area (Å²) >= 11 is 1.82. The molecule has 0 aromatic carbocycles. The summed E-state index contributed by atoms with van der Waals surface area (Å²) in [6.45, 7) is 3.81. The molecule has 0 atom stereocenters. The molecule has 0 aromatic rings. The van der Waals surface area contributed by atoms with Crippen LogP contribution in [0.3, 0.4) is 0 Å². The number of carboxylic acid groups (broad SMARTS) is 1. The van der Waals surface area contributed by atoms with Crippen molar-refractivity contribution in [1.82, 2.24) is 5.32 Å². The molecule has 0 heterocycles. The monoisotopic (exact) mass is 273 g/mol. The highest BCUT2D eigenvalue weighted by molar-refractivity contribution is 8.00. The van der Waals surface area contributed by atoms with E-state index in [1.165, 1.54) is 12.8 Å². The zero-order chi connectivity index (χ0) is 13.8. The number of carbonyl (C=O) groups excluding carboxylic acids is 1. The standard InChI is InChI=1S/C13H23NO3S/c1-12(2,11(16)17)8-10(15)14-9-13(18-3)6-4-5-7-13/h4-9H2,1-3H3,(H,14,15)(H,16,17). The first kappa shape index (κ1) is 15.3. The smallest absolute Gasteiger partial charge is 0.309 e. The summed E-state index contributed by atoms with van der Waals surface area (Å²) in [5.74, 6) is -1.10. The number of aliphatic carboxylic acids is 1. The van der Waals surface area contributed by atoms with Crippen LogP contribution in [-0.4, -0.2) is 34.5 Å². The Morgan fingerprint density at radius 2 is 1.89 bits per heavy atom. The molecule has 0 aromatic heterocycles. The molecule has 0 saturated heterocycles. The van der Waals surface area contributed by atoms with Crippen LogP contribution in [0.1, 0.15) is 46.0 Å². The summed E-state index contributed by atoms with van der Waals surface area (Å²) in [6.07, 6.45) is 6.83. The van der Waals surface area contributed by atoms with Gasteiger partial charge in [0.15, 0.2) is 0 Å². The third-order valence-corrected chi connectivity index (χ3v) is 5.16. The van der Waals surface area contributed by atoms with Gasteiger partial charge in [-0.1, -0.05) is 12.8 Å². The van der Waals surface area contributed by atoms with Crippen molar-refractivity contribution in [2.45, 2.75) is 50.7 Å². The molecule has 18 heavy (non-hydrogen) atoms. The van der Waals surface area contributed by atoms with Gasteiger partial charge in [-0.2, -0.15) is 11.8 Å². The summed E-state index contributed by atoms with van der Waals surface area (Å²) in [5.41, 5.74) is -0.994. The number of carboxylic acids is 1. The SMILES string of the molecule is CSC1(CNC(=O)CC(C)(C)C(=O)O)CCCC1. The Balaban J connectivity index is 2.44. The summed E-state index contributed by atoms with van der Waals surface area (Å²) < 4.78 is 0.170. The van der Waals surface area contributed by atoms with Crippen LogP contribution in [0, 0.1) is 5.41 Å². The second-order valence-corrected chi connectivity index (χ2v) is 7.01. The Morgan fingerprint density at radius 3 is 2.33 bits per heavy atom. The van der Waals surface area contributed by atoms with Crippen LogP contribution in [0.2, 0.25) is 0 Å². The van der Waals surface area contributed by atoms with Crippen molar-refractivity contribution >= 4 is 23.6 Å². The molecule has 0 aliphatic heterocycles. The largest absolute Gasteiger partial charge is 0.481 e. The van der Waals surface area contributed by atoms with Gasteiger partial charge in [0.1, 0.15) is 0 Å². The van der Waals surface area contributed by atoms with Crippen LogP contribution < -0.4 is 5.32 Å². The maximum Gasteiger partial charge on any atom is 0.309 e. The highest BCUT2D eigenvalue weighted by atomic mass is 32.2. The summed E-state index contributed by atoms with van der Waals surface area (Å²) in [4.78, 5) is 22.7. The molecule has 1 aliphatic rings. The van der Waals surface area contributed by atoms with E-state index in [0.29, 0.717) is 6.54 Å². The van der Waals surface area contributed by atoms with Gasteiger partial charge in [0.05, 0.1) is 5.41 Å². The Bertz CT molecular complexity index is 322. The molecule has 4 nitrogen and oxygen atoms in total. The number of hydrogen-bond donors (Lipinski definition) is 2. The van der Waals surface area contributed by atoms with E-state index >= 15 is 0 Å². The first-order chi connectivity index (χ1) is 8.31. The van der Waals surface area contributed by atoms with Crippen LogP contribution in [0.5, 0.6) is 0 Å². The van der Waals surface area contributed by atoms with Crippen molar-refractivity contribution in [2.75, 3.05) is 12.8 Å². The van der Waals surface area contributed by atoms with E-state index < -0.39 is 11.4 Å². The number of amides is 1. The minimum absolute atomic E-state index is 0.0345. The maximum atomic E-state index is 11.8. The van der Waals surface area contributed by atoms with E-state index in [-0.39, 0.29) is 17.1 Å². The molecule has 1 saturated carbocycles. The molecule has 0 spiro atoms. The first-order valence-corrected chi connectivity index (χ1v) is 7.59. The average molecular weight is 273 g/mol. The van der Waals surface area contributed by atoms with Crippen LogP contribution in [0.4, 0.5) is 0 Å². The number of thioether (sulfide) groups is 1. The quantitative estimate of drug-likeness (QED) is 0.779. The molecule has 104 valence electrons. The Kier molecular flexibility index (Phi) is 5.08. The van der Waals surface area contributed by atoms with Gasteiger partial charge < -0.3 is 10.4 Å². The first-order valence-electron chi connectivity index (χ1n) is 6.37. The Hall–Kier alpha value is -0.710. The predicted octanol–water partition coefficient (Wildman–Crippen LogP) is 2.28. The lowest BCUT2D eigenvalue weighted by atomic mass is 9.89. The van der Waals surface area contributed by atoms with E-state index in [9.17, 15) is 9.59 Å². The van der Waals surface area contributed by atoms with Gasteiger partial charge in [-0.3, -0.25) is 9.59 Å². The minimum atomic E-state index is -0.994. The molecule has 1 amide bonds. The van der Waals surface area contributed by atoms with Crippen molar-refractivity contribution in [3.63, 3.8) is 0 Å². The molecule has 1 fully saturated rings. The highest BCUT2D eigenvalue weighted by Crippen LogP contribution is 2.39. The van der Waals surface area contributed by atoms with E-state index in [4.69, 9.17) is 5.11 Å². The van der Waals surface area contributed by atoms with E-state index in [1.807, 2.05) is 11.8 Å². The fourth-order valence-electron chi connectivity index (χ4n) is 2.27.